The number of hydrogen-bond donors (Lipinski definition) is 1. The van der Waals surface area contributed by atoms with E-state index in [9.17, 15) is 0 Å². The number of benzene rings is 1. The largest absolute Gasteiger partial charge is 0.369 e. The Kier molecular flexibility index (Phi) is 2.35. The summed E-state index contributed by atoms with van der Waals surface area (Å²) in [5.41, 5.74) is 6.41. The molecule has 0 saturated heterocycles. The van der Waals surface area contributed by atoms with E-state index in [-0.39, 0.29) is 0 Å². The molecule has 14 heavy (non-hydrogen) atoms. The lowest BCUT2D eigenvalue weighted by atomic mass is 10.3. The molecule has 1 aromatic heterocycles. The van der Waals surface area contributed by atoms with Crippen LogP contribution in [0.1, 0.15) is 0 Å². The summed E-state index contributed by atoms with van der Waals surface area (Å²) in [5.74, 6) is 0.397. The molecule has 0 unspecified atom stereocenters. The van der Waals surface area contributed by atoms with Gasteiger partial charge in [0.1, 0.15) is 0 Å². The fourth-order valence-corrected chi connectivity index (χ4v) is 1.69. The molecule has 0 saturated carbocycles. The minimum atomic E-state index is 0.397. The Balaban J connectivity index is 2.58. The molecule has 0 spiro atoms. The van der Waals surface area contributed by atoms with Crippen LogP contribution in [0.15, 0.2) is 30.6 Å². The van der Waals surface area contributed by atoms with Gasteiger partial charge in [-0.15, -0.1) is 0 Å². The van der Waals surface area contributed by atoms with E-state index >= 15 is 0 Å². The van der Waals surface area contributed by atoms with Crippen LogP contribution < -0.4 is 5.73 Å². The first kappa shape index (κ1) is 9.37. The molecule has 0 radical (unpaired) electrons. The maximum absolute atomic E-state index is 6.00. The number of aromatic nitrogens is 2. The molecule has 3 nitrogen and oxygen atoms in total. The van der Waals surface area contributed by atoms with E-state index < -0.39 is 0 Å². The summed E-state index contributed by atoms with van der Waals surface area (Å²) in [4.78, 5) is 3.91. The van der Waals surface area contributed by atoms with Gasteiger partial charge in [0, 0.05) is 17.4 Å². The Labute approximate surface area is 91.1 Å². The standard InChI is InChI=1S/C9H7Cl2N3/c10-6-1-2-8(7(11)5-6)14-4-3-13-9(14)12/h1-5H,(H2,12,13). The summed E-state index contributed by atoms with van der Waals surface area (Å²) >= 11 is 11.8. The third-order valence-corrected chi connectivity index (χ3v) is 2.38. The van der Waals surface area contributed by atoms with Crippen LogP contribution in [0.3, 0.4) is 0 Å². The zero-order chi connectivity index (χ0) is 10.1. The number of nitrogens with two attached hydrogens (primary N) is 1. The lowest BCUT2D eigenvalue weighted by molar-refractivity contribution is 1.07. The lowest BCUT2D eigenvalue weighted by Gasteiger charge is -2.06. The number of nitrogen functional groups attached to an aromatic ring is 1. The van der Waals surface area contributed by atoms with Crippen LogP contribution in [0.2, 0.25) is 10.0 Å². The second-order valence-electron chi connectivity index (χ2n) is 2.75. The Morgan fingerprint density at radius 1 is 1.29 bits per heavy atom. The van der Waals surface area contributed by atoms with E-state index in [0.717, 1.165) is 5.69 Å². The van der Waals surface area contributed by atoms with Crippen LogP contribution in [0, 0.1) is 0 Å². The van der Waals surface area contributed by atoms with Gasteiger partial charge in [0.05, 0.1) is 10.7 Å². The molecular weight excluding hydrogens is 221 g/mol. The summed E-state index contributed by atoms with van der Waals surface area (Å²) in [6, 6.07) is 5.21. The summed E-state index contributed by atoms with van der Waals surface area (Å²) in [5, 5.41) is 1.14. The molecule has 1 heterocycles. The number of imidazole rings is 1. The van der Waals surface area contributed by atoms with Crippen molar-refractivity contribution in [2.45, 2.75) is 0 Å². The molecule has 0 aliphatic rings. The molecular formula is C9H7Cl2N3. The van der Waals surface area contributed by atoms with Crippen molar-refractivity contribution in [2.75, 3.05) is 5.73 Å². The molecule has 2 N–H and O–H groups in total. The first-order valence-electron chi connectivity index (χ1n) is 3.93. The minimum absolute atomic E-state index is 0.397. The third kappa shape index (κ3) is 1.56. The van der Waals surface area contributed by atoms with Gasteiger partial charge in [-0.05, 0) is 18.2 Å². The normalized spacial score (nSPS) is 10.4. The van der Waals surface area contributed by atoms with E-state index in [2.05, 4.69) is 4.98 Å². The zero-order valence-corrected chi connectivity index (χ0v) is 8.63. The van der Waals surface area contributed by atoms with Crippen LogP contribution in [0.25, 0.3) is 5.69 Å². The van der Waals surface area contributed by atoms with Crippen molar-refractivity contribution >= 4 is 29.2 Å². The highest BCUT2D eigenvalue weighted by Crippen LogP contribution is 2.25. The number of nitrogens with zero attached hydrogens (tertiary/aromatic N) is 2. The van der Waals surface area contributed by atoms with Crippen LogP contribution in [-0.4, -0.2) is 9.55 Å². The van der Waals surface area contributed by atoms with E-state index in [1.807, 2.05) is 0 Å². The van der Waals surface area contributed by atoms with Gasteiger partial charge in [0.15, 0.2) is 0 Å². The Morgan fingerprint density at radius 3 is 2.64 bits per heavy atom. The second kappa shape index (κ2) is 3.52. The fraction of sp³-hybridized carbons (Fsp3) is 0. The van der Waals surface area contributed by atoms with Gasteiger partial charge in [-0.25, -0.2) is 4.98 Å². The summed E-state index contributed by atoms with van der Waals surface area (Å²) in [6.07, 6.45) is 3.35. The van der Waals surface area contributed by atoms with Crippen LogP contribution in [0.4, 0.5) is 5.95 Å². The summed E-state index contributed by atoms with van der Waals surface area (Å²) < 4.78 is 1.69. The van der Waals surface area contributed by atoms with E-state index in [0.29, 0.717) is 16.0 Å². The molecule has 5 heteroatoms. The van der Waals surface area contributed by atoms with Crippen molar-refractivity contribution in [1.29, 1.82) is 0 Å². The van der Waals surface area contributed by atoms with Gasteiger partial charge < -0.3 is 5.73 Å². The topological polar surface area (TPSA) is 43.8 Å². The van der Waals surface area contributed by atoms with E-state index in [4.69, 9.17) is 28.9 Å². The van der Waals surface area contributed by atoms with Gasteiger partial charge in [0.2, 0.25) is 5.95 Å². The van der Waals surface area contributed by atoms with E-state index in [1.54, 1.807) is 35.2 Å². The lowest BCUT2D eigenvalue weighted by Crippen LogP contribution is -2.00. The number of halogens is 2. The van der Waals surface area contributed by atoms with Crippen molar-refractivity contribution in [3.8, 4) is 5.69 Å². The molecule has 2 aromatic rings. The Morgan fingerprint density at radius 2 is 2.07 bits per heavy atom. The molecule has 0 fully saturated rings. The molecule has 0 atom stereocenters. The third-order valence-electron chi connectivity index (χ3n) is 1.84. The highest BCUT2D eigenvalue weighted by molar-refractivity contribution is 6.35. The van der Waals surface area contributed by atoms with Crippen LogP contribution >= 0.6 is 23.2 Å². The summed E-state index contributed by atoms with van der Waals surface area (Å²) in [7, 11) is 0. The van der Waals surface area contributed by atoms with Gasteiger partial charge >= 0.3 is 0 Å². The monoisotopic (exact) mass is 227 g/mol. The smallest absolute Gasteiger partial charge is 0.204 e. The first-order chi connectivity index (χ1) is 6.68. The zero-order valence-electron chi connectivity index (χ0n) is 7.11. The van der Waals surface area contributed by atoms with Crippen molar-refractivity contribution in [3.63, 3.8) is 0 Å². The average Bonchev–Trinajstić information content (AvgIpc) is 2.52. The fourth-order valence-electron chi connectivity index (χ4n) is 1.20. The minimum Gasteiger partial charge on any atom is -0.369 e. The van der Waals surface area contributed by atoms with Gasteiger partial charge in [-0.3, -0.25) is 4.57 Å². The molecule has 0 bridgehead atoms. The van der Waals surface area contributed by atoms with Gasteiger partial charge in [-0.1, -0.05) is 23.2 Å². The average molecular weight is 228 g/mol. The molecule has 1 aromatic carbocycles. The molecule has 2 rings (SSSR count). The SMILES string of the molecule is Nc1nccn1-c1ccc(Cl)cc1Cl. The quantitative estimate of drug-likeness (QED) is 0.815. The molecule has 72 valence electrons. The second-order valence-corrected chi connectivity index (χ2v) is 3.59. The number of anilines is 1. The maximum Gasteiger partial charge on any atom is 0.204 e. The van der Waals surface area contributed by atoms with Crippen molar-refractivity contribution in [2.24, 2.45) is 0 Å². The van der Waals surface area contributed by atoms with Gasteiger partial charge in [0.25, 0.3) is 0 Å². The van der Waals surface area contributed by atoms with Gasteiger partial charge in [-0.2, -0.15) is 0 Å². The highest BCUT2D eigenvalue weighted by atomic mass is 35.5. The predicted octanol–water partition coefficient (Wildman–Crippen LogP) is 2.76. The Hall–Kier alpha value is -1.19. The maximum atomic E-state index is 6.00. The summed E-state index contributed by atoms with van der Waals surface area (Å²) in [6.45, 7) is 0. The van der Waals surface area contributed by atoms with Crippen molar-refractivity contribution in [3.05, 3.63) is 40.6 Å². The number of rotatable bonds is 1. The van der Waals surface area contributed by atoms with Crippen molar-refractivity contribution in [1.82, 2.24) is 9.55 Å². The Bertz CT molecular complexity index is 465. The molecule has 0 aliphatic carbocycles. The van der Waals surface area contributed by atoms with Crippen LogP contribution in [-0.2, 0) is 0 Å². The molecule has 0 aliphatic heterocycles. The number of hydrogen-bond acceptors (Lipinski definition) is 2. The highest BCUT2D eigenvalue weighted by Gasteiger charge is 2.05. The first-order valence-corrected chi connectivity index (χ1v) is 4.68. The predicted molar refractivity (Wildman–Crippen MR) is 58.0 cm³/mol. The van der Waals surface area contributed by atoms with E-state index in [1.165, 1.54) is 0 Å². The molecule has 0 amide bonds. The van der Waals surface area contributed by atoms with Crippen molar-refractivity contribution < 1.29 is 0 Å². The van der Waals surface area contributed by atoms with Crippen LogP contribution in [0.5, 0.6) is 0 Å².